The van der Waals surface area contributed by atoms with Gasteiger partial charge < -0.3 is 11.5 Å². The summed E-state index contributed by atoms with van der Waals surface area (Å²) in [5, 5.41) is 0.168. The van der Waals surface area contributed by atoms with Gasteiger partial charge in [0.2, 0.25) is 5.91 Å². The van der Waals surface area contributed by atoms with Crippen LogP contribution in [0.5, 0.6) is 0 Å². The van der Waals surface area contributed by atoms with Crippen LogP contribution in [0.3, 0.4) is 0 Å². The van der Waals surface area contributed by atoms with Gasteiger partial charge in [-0.05, 0) is 0 Å². The molecule has 1 amide bonds. The average molecular weight is 187 g/mol. The van der Waals surface area contributed by atoms with Crippen LogP contribution in [0.2, 0.25) is 5.15 Å². The molecule has 0 bridgehead atoms. The van der Waals surface area contributed by atoms with Crippen LogP contribution in [0.4, 0.5) is 5.82 Å². The number of nitrogens with two attached hydrogens (primary N) is 2. The molecule has 0 aliphatic carbocycles. The highest BCUT2D eigenvalue weighted by molar-refractivity contribution is 6.30. The minimum Gasteiger partial charge on any atom is -0.383 e. The first-order valence-corrected chi connectivity index (χ1v) is 3.52. The fraction of sp³-hybridized carbons (Fsp3) is 0.167. The van der Waals surface area contributed by atoms with Crippen LogP contribution < -0.4 is 11.5 Å². The van der Waals surface area contributed by atoms with Crippen LogP contribution >= 0.6 is 11.6 Å². The van der Waals surface area contributed by atoms with Crippen LogP contribution in [0.1, 0.15) is 5.56 Å². The summed E-state index contributed by atoms with van der Waals surface area (Å²) in [5.74, 6) is -0.327. The van der Waals surface area contributed by atoms with Gasteiger partial charge >= 0.3 is 0 Å². The molecule has 0 radical (unpaired) electrons. The maximum absolute atomic E-state index is 10.5. The van der Waals surface area contributed by atoms with E-state index in [9.17, 15) is 4.79 Å². The first-order valence-electron chi connectivity index (χ1n) is 3.14. The number of nitrogens with zero attached hydrogens (tertiary/aromatic N) is 2. The number of hydrogen-bond acceptors (Lipinski definition) is 4. The summed E-state index contributed by atoms with van der Waals surface area (Å²) in [6, 6.07) is 0. The van der Waals surface area contributed by atoms with E-state index in [2.05, 4.69) is 9.97 Å². The fourth-order valence-corrected chi connectivity index (χ4v) is 0.948. The molecule has 1 aromatic heterocycles. The number of carbonyl (C=O) groups excluding carboxylic acids is 1. The second-order valence-corrected chi connectivity index (χ2v) is 2.53. The molecule has 12 heavy (non-hydrogen) atoms. The van der Waals surface area contributed by atoms with Gasteiger partial charge in [0.15, 0.2) is 0 Å². The molecule has 0 aliphatic rings. The van der Waals surface area contributed by atoms with Crippen LogP contribution in [0, 0.1) is 0 Å². The number of anilines is 1. The molecule has 1 rings (SSSR count). The number of hydrogen-bond donors (Lipinski definition) is 2. The second kappa shape index (κ2) is 3.36. The number of carbonyl (C=O) groups is 1. The van der Waals surface area contributed by atoms with E-state index in [0.717, 1.165) is 0 Å². The minimum atomic E-state index is -0.515. The molecule has 0 aromatic carbocycles. The monoisotopic (exact) mass is 186 g/mol. The molecule has 1 heterocycles. The number of rotatable bonds is 2. The largest absolute Gasteiger partial charge is 0.383 e. The van der Waals surface area contributed by atoms with Crippen molar-refractivity contribution in [1.82, 2.24) is 9.97 Å². The van der Waals surface area contributed by atoms with Crippen molar-refractivity contribution in [2.75, 3.05) is 5.73 Å². The first-order chi connectivity index (χ1) is 5.61. The van der Waals surface area contributed by atoms with Crippen LogP contribution in [0.25, 0.3) is 0 Å². The van der Waals surface area contributed by atoms with E-state index >= 15 is 0 Å². The molecule has 6 heteroatoms. The molecule has 5 nitrogen and oxygen atoms in total. The van der Waals surface area contributed by atoms with Crippen molar-refractivity contribution in [3.63, 3.8) is 0 Å². The van der Waals surface area contributed by atoms with Gasteiger partial charge in [-0.2, -0.15) is 0 Å². The number of halogens is 1. The molecule has 0 saturated heterocycles. The number of primary amides is 1. The van der Waals surface area contributed by atoms with Gasteiger partial charge in [0.1, 0.15) is 17.3 Å². The Labute approximate surface area is 73.7 Å². The Morgan fingerprint density at radius 1 is 1.58 bits per heavy atom. The van der Waals surface area contributed by atoms with E-state index in [0.29, 0.717) is 5.56 Å². The van der Waals surface area contributed by atoms with E-state index in [1.165, 1.54) is 6.33 Å². The quantitative estimate of drug-likeness (QED) is 0.622. The van der Waals surface area contributed by atoms with Gasteiger partial charge in [-0.15, -0.1) is 0 Å². The van der Waals surface area contributed by atoms with E-state index in [4.69, 9.17) is 23.1 Å². The lowest BCUT2D eigenvalue weighted by atomic mass is 10.2. The van der Waals surface area contributed by atoms with Gasteiger partial charge in [0, 0.05) is 5.56 Å². The Bertz CT molecular complexity index is 294. The highest BCUT2D eigenvalue weighted by Gasteiger charge is 2.09. The predicted molar refractivity (Wildman–Crippen MR) is 44.4 cm³/mol. The first kappa shape index (κ1) is 8.73. The Morgan fingerprint density at radius 3 is 2.75 bits per heavy atom. The number of aromatic nitrogens is 2. The van der Waals surface area contributed by atoms with Crippen LogP contribution in [0.15, 0.2) is 6.33 Å². The Balaban J connectivity index is 3.04. The van der Waals surface area contributed by atoms with Gasteiger partial charge in [-0.25, -0.2) is 9.97 Å². The van der Waals surface area contributed by atoms with E-state index in [1.807, 2.05) is 0 Å². The summed E-state index contributed by atoms with van der Waals surface area (Å²) in [5.41, 5.74) is 10.8. The number of amides is 1. The Kier molecular flexibility index (Phi) is 2.44. The van der Waals surface area contributed by atoms with Crippen molar-refractivity contribution < 1.29 is 4.79 Å². The van der Waals surface area contributed by atoms with Crippen molar-refractivity contribution in [3.05, 3.63) is 17.0 Å². The fourth-order valence-electron chi connectivity index (χ4n) is 0.741. The smallest absolute Gasteiger partial charge is 0.222 e. The Hall–Kier alpha value is -1.36. The molecule has 0 unspecified atom stereocenters. The molecular formula is C6H7ClN4O. The summed E-state index contributed by atoms with van der Waals surface area (Å²) >= 11 is 5.63. The van der Waals surface area contributed by atoms with Crippen molar-refractivity contribution in [2.24, 2.45) is 5.73 Å². The van der Waals surface area contributed by atoms with Crippen LogP contribution in [-0.4, -0.2) is 15.9 Å². The highest BCUT2D eigenvalue weighted by atomic mass is 35.5. The number of nitrogen functional groups attached to an aromatic ring is 1. The van der Waals surface area contributed by atoms with E-state index in [-0.39, 0.29) is 17.4 Å². The lowest BCUT2D eigenvalue weighted by Crippen LogP contribution is -2.16. The maximum atomic E-state index is 10.5. The predicted octanol–water partition coefficient (Wildman–Crippen LogP) is -0.260. The minimum absolute atomic E-state index is 0.0362. The molecular weight excluding hydrogens is 180 g/mol. The molecule has 0 aliphatic heterocycles. The maximum Gasteiger partial charge on any atom is 0.222 e. The third kappa shape index (κ3) is 1.82. The van der Waals surface area contributed by atoms with E-state index in [1.54, 1.807) is 0 Å². The molecule has 4 N–H and O–H groups in total. The highest BCUT2D eigenvalue weighted by Crippen LogP contribution is 2.16. The third-order valence-corrected chi connectivity index (χ3v) is 1.60. The summed E-state index contributed by atoms with van der Waals surface area (Å²) in [4.78, 5) is 17.9. The molecule has 64 valence electrons. The summed E-state index contributed by atoms with van der Waals surface area (Å²) in [7, 11) is 0. The average Bonchev–Trinajstić information content (AvgIpc) is 1.97. The van der Waals surface area contributed by atoms with Crippen LogP contribution in [-0.2, 0) is 11.2 Å². The summed E-state index contributed by atoms with van der Waals surface area (Å²) in [6.45, 7) is 0. The molecule has 0 fully saturated rings. The SMILES string of the molecule is NC(=O)Cc1c(N)ncnc1Cl. The van der Waals surface area contributed by atoms with E-state index < -0.39 is 5.91 Å². The lowest BCUT2D eigenvalue weighted by molar-refractivity contribution is -0.117. The zero-order valence-electron chi connectivity index (χ0n) is 6.12. The van der Waals surface area contributed by atoms with Crippen molar-refractivity contribution in [2.45, 2.75) is 6.42 Å². The molecule has 0 atom stereocenters. The molecule has 1 aromatic rings. The van der Waals surface area contributed by atoms with Gasteiger partial charge in [-0.1, -0.05) is 11.6 Å². The zero-order valence-corrected chi connectivity index (χ0v) is 6.88. The summed E-state index contributed by atoms with van der Waals surface area (Å²) < 4.78 is 0. The molecule has 0 saturated carbocycles. The van der Waals surface area contributed by atoms with Gasteiger partial charge in [0.05, 0.1) is 6.42 Å². The third-order valence-electron chi connectivity index (χ3n) is 1.28. The zero-order chi connectivity index (χ0) is 9.14. The summed E-state index contributed by atoms with van der Waals surface area (Å²) in [6.07, 6.45) is 1.19. The Morgan fingerprint density at radius 2 is 2.25 bits per heavy atom. The van der Waals surface area contributed by atoms with Crippen molar-refractivity contribution >= 4 is 23.3 Å². The standard InChI is InChI=1S/C6H7ClN4O/c7-5-3(1-4(8)12)6(9)11-2-10-5/h2H,1H2,(H2,8,12)(H2,9,10,11). The topological polar surface area (TPSA) is 94.9 Å². The van der Waals surface area contributed by atoms with Crippen molar-refractivity contribution in [1.29, 1.82) is 0 Å². The lowest BCUT2D eigenvalue weighted by Gasteiger charge is -2.02. The molecule has 0 spiro atoms. The van der Waals surface area contributed by atoms with Gasteiger partial charge in [0.25, 0.3) is 0 Å². The van der Waals surface area contributed by atoms with Crippen molar-refractivity contribution in [3.8, 4) is 0 Å². The second-order valence-electron chi connectivity index (χ2n) is 2.17. The van der Waals surface area contributed by atoms with Gasteiger partial charge in [-0.3, -0.25) is 4.79 Å². The normalized spacial score (nSPS) is 9.75.